The van der Waals surface area contributed by atoms with Gasteiger partial charge in [0.15, 0.2) is 0 Å². The number of thiocarbonyl (C=S) groups is 2. The molecular formula is C93H116N2O2S10. The topological polar surface area (TPSA) is 40.6 Å². The van der Waals surface area contributed by atoms with E-state index in [0.717, 1.165) is 72.7 Å². The molecule has 14 heteroatoms. The summed E-state index contributed by atoms with van der Waals surface area (Å²) in [6.07, 6.45) is 42.9. The fraction of sp³-hybridized carbons (Fsp3) is 0.484. The molecule has 2 unspecified atom stereocenters. The molecule has 2 amide bonds. The number of carbonyl (C=O) groups is 2. The number of thioether (sulfide) groups is 7. The predicted molar refractivity (Wildman–Crippen MR) is 488 cm³/mol. The Bertz CT molecular complexity index is 4120. The zero-order chi connectivity index (χ0) is 74.9. The van der Waals surface area contributed by atoms with Crippen molar-refractivity contribution in [2.24, 2.45) is 5.92 Å². The van der Waals surface area contributed by atoms with Gasteiger partial charge in [0, 0.05) is 76.6 Å². The minimum absolute atomic E-state index is 0.0183. The molecule has 6 aromatic rings. The van der Waals surface area contributed by atoms with Crippen molar-refractivity contribution in [1.29, 1.82) is 0 Å². The first-order valence-corrected chi connectivity index (χ1v) is 48.8. The average molecular weight is 1610 g/mol. The van der Waals surface area contributed by atoms with Crippen molar-refractivity contribution in [2.45, 2.75) is 280 Å². The van der Waals surface area contributed by atoms with Gasteiger partial charge in [-0.05, 0) is 174 Å². The van der Waals surface area contributed by atoms with E-state index in [2.05, 4.69) is 176 Å². The van der Waals surface area contributed by atoms with E-state index < -0.39 is 0 Å². The van der Waals surface area contributed by atoms with Gasteiger partial charge in [-0.2, -0.15) is 0 Å². The van der Waals surface area contributed by atoms with Crippen LogP contribution in [0.4, 0.5) is 0 Å². The van der Waals surface area contributed by atoms with Crippen LogP contribution < -0.4 is 0 Å². The Morgan fingerprint density at radius 3 is 1.25 bits per heavy atom. The monoisotopic (exact) mass is 1610 g/mol. The molecule has 3 aliphatic heterocycles. The maximum absolute atomic E-state index is 14.7. The summed E-state index contributed by atoms with van der Waals surface area (Å²) in [6, 6.07) is 45.6. The van der Waals surface area contributed by atoms with Crippen LogP contribution in [0.1, 0.15) is 289 Å². The van der Waals surface area contributed by atoms with Crippen molar-refractivity contribution >= 4 is 161 Å². The highest BCUT2D eigenvalue weighted by Crippen LogP contribution is 2.65. The zero-order valence-electron chi connectivity index (χ0n) is 65.0. The molecule has 570 valence electrons. The predicted octanol–water partition coefficient (Wildman–Crippen LogP) is 30.2. The van der Waals surface area contributed by atoms with Crippen molar-refractivity contribution < 1.29 is 9.59 Å². The molecule has 2 fully saturated rings. The van der Waals surface area contributed by atoms with Crippen LogP contribution >= 0.6 is 118 Å². The second kappa shape index (κ2) is 43.9. The Kier molecular flexibility index (Phi) is 34.5. The van der Waals surface area contributed by atoms with E-state index in [-0.39, 0.29) is 23.0 Å². The molecule has 0 spiro atoms. The normalized spacial score (nSPS) is 17.8. The van der Waals surface area contributed by atoms with E-state index in [4.69, 9.17) is 24.4 Å². The van der Waals surface area contributed by atoms with E-state index in [1.807, 2.05) is 79.9 Å². The van der Waals surface area contributed by atoms with Crippen LogP contribution in [0.2, 0.25) is 0 Å². The molecule has 4 nitrogen and oxygen atoms in total. The van der Waals surface area contributed by atoms with Crippen LogP contribution in [0, 0.1) is 5.92 Å². The molecule has 11 rings (SSSR count). The first-order valence-electron chi connectivity index (χ1n) is 41.1. The SMILES string of the molecule is CCCCCCCCN1C(=O)/C(=C\c2cc3c(s2)-c2cc4c(cc2/C3=C(\SCc2ccc(CCCCCC)cc2)Sc2ccc(CCCCCC)cc2)C2=C(/C4=C(/SCc3ccc(CCCCCC)cc3)Sc3ccc(CCCCCC)cc3)C(C)C(/C=C3/SC(=S)N(CCCCCCCC)C3=O)S2)SC1=S. The molecule has 0 bridgehead atoms. The maximum Gasteiger partial charge on any atom is 0.266 e. The van der Waals surface area contributed by atoms with E-state index in [9.17, 15) is 9.59 Å². The van der Waals surface area contributed by atoms with Gasteiger partial charge in [-0.25, -0.2) is 0 Å². The molecule has 0 radical (unpaired) electrons. The van der Waals surface area contributed by atoms with Crippen LogP contribution in [0.3, 0.4) is 0 Å². The fourth-order valence-electron chi connectivity index (χ4n) is 15.1. The van der Waals surface area contributed by atoms with Gasteiger partial charge in [0.1, 0.15) is 8.64 Å². The Balaban J connectivity index is 1.06. The smallest absolute Gasteiger partial charge is 0.266 e. The molecule has 0 saturated carbocycles. The van der Waals surface area contributed by atoms with Crippen molar-refractivity contribution in [3.63, 3.8) is 0 Å². The second-order valence-electron chi connectivity index (χ2n) is 29.9. The molecule has 107 heavy (non-hydrogen) atoms. The van der Waals surface area contributed by atoms with E-state index in [0.29, 0.717) is 26.6 Å². The standard InChI is InChI=1S/C93H116N2O2S10/c1-8-14-20-26-28-34-56-94-88(96)81(106-92(94)98)59-74-58-79-84(90(103-72-52-48-68(49-53-72)38-32-24-18-12-5)100-63-70-44-40-66(41-45-70)36-30-22-16-10-3)75-60-78-76(61-77(75)86(79)102-74)85(83-65(7)80(105-87(78)83)62-82-89(97)95(93(99)107-82)57-35-29-27-21-15-9-2)91(104-73-54-50-69(51-55-73)39-33-25-19-13-6)101-64-71-46-42-67(43-47-71)37-31-23-17-11-4/h40-55,58-62,65,80H,8-39,56-57,63-64H2,1-7H3/b81-59+,82-62+,90-84-,91-85-. The number of allylic oxidation sites excluding steroid dienone is 2. The highest BCUT2D eigenvalue weighted by Gasteiger charge is 2.45. The number of rotatable bonds is 46. The first-order chi connectivity index (χ1) is 52.4. The van der Waals surface area contributed by atoms with Crippen molar-refractivity contribution in [3.05, 3.63) is 206 Å². The minimum atomic E-state index is 0.0183. The minimum Gasteiger partial charge on any atom is -0.293 e. The molecule has 1 aromatic heterocycles. The summed E-state index contributed by atoms with van der Waals surface area (Å²) >= 11 is 26.7. The van der Waals surface area contributed by atoms with Crippen molar-refractivity contribution in [3.8, 4) is 10.4 Å². The zero-order valence-corrected chi connectivity index (χ0v) is 73.2. The van der Waals surface area contributed by atoms with E-state index in [1.165, 1.54) is 284 Å². The van der Waals surface area contributed by atoms with Crippen LogP contribution in [-0.2, 0) is 46.8 Å². The van der Waals surface area contributed by atoms with E-state index >= 15 is 0 Å². The second-order valence-corrected chi connectivity index (χ2v) is 40.2. The number of unbranched alkanes of at least 4 members (excludes halogenated alkanes) is 22. The number of aryl methyl sites for hydroxylation is 4. The Morgan fingerprint density at radius 2 is 0.794 bits per heavy atom. The lowest BCUT2D eigenvalue weighted by molar-refractivity contribution is -0.123. The number of thiophene rings is 1. The van der Waals surface area contributed by atoms with Gasteiger partial charge < -0.3 is 0 Å². The van der Waals surface area contributed by atoms with Crippen LogP contribution in [0.15, 0.2) is 155 Å². The van der Waals surface area contributed by atoms with Gasteiger partial charge in [-0.15, -0.1) is 46.6 Å². The molecule has 2 aliphatic carbocycles. The van der Waals surface area contributed by atoms with Gasteiger partial charge in [-0.3, -0.25) is 19.4 Å². The summed E-state index contributed by atoms with van der Waals surface area (Å²) < 4.78 is 3.94. The number of nitrogens with zero attached hydrogens (tertiary/aromatic N) is 2. The van der Waals surface area contributed by atoms with Crippen molar-refractivity contribution in [1.82, 2.24) is 9.80 Å². The van der Waals surface area contributed by atoms with Gasteiger partial charge >= 0.3 is 0 Å². The number of amides is 2. The first kappa shape index (κ1) is 84.0. The molecule has 2 saturated heterocycles. The average Bonchev–Trinajstić information content (AvgIpc) is 1.54. The fourth-order valence-corrected chi connectivity index (χ4v) is 25.2. The molecule has 5 aliphatic rings. The summed E-state index contributed by atoms with van der Waals surface area (Å²) in [6.45, 7) is 17.5. The van der Waals surface area contributed by atoms with E-state index in [1.54, 1.807) is 0 Å². The summed E-state index contributed by atoms with van der Waals surface area (Å²) in [7, 11) is 0. The third-order valence-electron chi connectivity index (χ3n) is 21.5. The van der Waals surface area contributed by atoms with Gasteiger partial charge in [-0.1, -0.05) is 340 Å². The number of benzene rings is 5. The molecule has 5 aromatic carbocycles. The largest absolute Gasteiger partial charge is 0.293 e. The Morgan fingerprint density at radius 1 is 0.421 bits per heavy atom. The molecular weight excluding hydrogens is 1500 g/mol. The number of hydrogen-bond donors (Lipinski definition) is 0. The Hall–Kier alpha value is -3.93. The van der Waals surface area contributed by atoms with Gasteiger partial charge in [0.05, 0.1) is 18.3 Å². The third-order valence-corrected chi connectivity index (χ3v) is 31.7. The highest BCUT2D eigenvalue weighted by atomic mass is 32.2. The Labute approximate surface area is 689 Å². The summed E-state index contributed by atoms with van der Waals surface area (Å²) in [5, 5.41) is 0.0183. The molecule has 2 atom stereocenters. The van der Waals surface area contributed by atoms with Gasteiger partial charge in [0.25, 0.3) is 11.8 Å². The lowest BCUT2D eigenvalue weighted by Gasteiger charge is -2.22. The number of fused-ring (bicyclic) bond motifs is 5. The quantitative estimate of drug-likeness (QED) is 0.0159. The summed E-state index contributed by atoms with van der Waals surface area (Å²) in [4.78, 5) is 40.6. The molecule has 4 heterocycles. The lowest BCUT2D eigenvalue weighted by Crippen LogP contribution is -2.29. The maximum atomic E-state index is 14.7. The third kappa shape index (κ3) is 23.2. The summed E-state index contributed by atoms with van der Waals surface area (Å²) in [5.41, 5.74) is 18.6. The van der Waals surface area contributed by atoms with Gasteiger partial charge in [0.2, 0.25) is 0 Å². The summed E-state index contributed by atoms with van der Waals surface area (Å²) in [5.74, 6) is 1.85. The number of hydrogen-bond acceptors (Lipinski definition) is 12. The van der Waals surface area contributed by atoms with Crippen molar-refractivity contribution in [2.75, 3.05) is 13.1 Å². The number of carbonyl (C=O) groups excluding carboxylic acids is 2. The molecule has 0 N–H and O–H groups in total. The van der Waals surface area contributed by atoms with Crippen LogP contribution in [-0.4, -0.2) is 48.6 Å². The van der Waals surface area contributed by atoms with Crippen LogP contribution in [0.25, 0.3) is 32.6 Å². The lowest BCUT2D eigenvalue weighted by atomic mass is 9.91. The van der Waals surface area contributed by atoms with Crippen LogP contribution in [0.5, 0.6) is 0 Å². The highest BCUT2D eigenvalue weighted by molar-refractivity contribution is 8.27.